The van der Waals surface area contributed by atoms with Crippen molar-refractivity contribution < 1.29 is 9.47 Å². The van der Waals surface area contributed by atoms with Crippen molar-refractivity contribution in [1.29, 1.82) is 0 Å². The Morgan fingerprint density at radius 1 is 1.09 bits per heavy atom. The lowest BCUT2D eigenvalue weighted by atomic mass is 9.98. The molecule has 1 aromatic rings. The van der Waals surface area contributed by atoms with E-state index in [0.29, 0.717) is 12.0 Å². The van der Waals surface area contributed by atoms with Gasteiger partial charge in [0, 0.05) is 39.8 Å². The van der Waals surface area contributed by atoms with E-state index >= 15 is 0 Å². The Hall–Kier alpha value is -1.40. The molecule has 1 saturated heterocycles. The molecule has 6 heteroatoms. The van der Waals surface area contributed by atoms with Gasteiger partial charge in [0.1, 0.15) is 6.10 Å². The molecule has 1 aliphatic heterocycles. The van der Waals surface area contributed by atoms with Crippen molar-refractivity contribution in [3.8, 4) is 5.88 Å². The molecule has 128 valence electrons. The van der Waals surface area contributed by atoms with E-state index in [0.717, 1.165) is 58.0 Å². The van der Waals surface area contributed by atoms with E-state index in [-0.39, 0.29) is 0 Å². The zero-order valence-electron chi connectivity index (χ0n) is 14.1. The van der Waals surface area contributed by atoms with Gasteiger partial charge < -0.3 is 14.4 Å². The zero-order valence-corrected chi connectivity index (χ0v) is 14.1. The van der Waals surface area contributed by atoms with Crippen molar-refractivity contribution in [2.75, 3.05) is 51.3 Å². The molecule has 1 saturated carbocycles. The molecular weight excluding hydrogens is 292 g/mol. The fourth-order valence-electron chi connectivity index (χ4n) is 3.32. The van der Waals surface area contributed by atoms with Crippen LogP contribution in [0.3, 0.4) is 0 Å². The molecule has 0 bridgehead atoms. The van der Waals surface area contributed by atoms with Crippen LogP contribution >= 0.6 is 0 Å². The number of hydrogen-bond donors (Lipinski definition) is 0. The highest BCUT2D eigenvalue weighted by atomic mass is 16.5. The van der Waals surface area contributed by atoms with E-state index in [1.807, 2.05) is 6.20 Å². The third-order valence-corrected chi connectivity index (χ3v) is 4.75. The molecule has 0 spiro atoms. The number of aromatic nitrogens is 2. The Morgan fingerprint density at radius 2 is 1.87 bits per heavy atom. The molecule has 1 aliphatic carbocycles. The first kappa shape index (κ1) is 16.5. The quantitative estimate of drug-likeness (QED) is 0.798. The summed E-state index contributed by atoms with van der Waals surface area (Å²) in [6.45, 7) is 5.83. The zero-order chi connectivity index (χ0) is 15.9. The second-order valence-corrected chi connectivity index (χ2v) is 6.41. The number of hydrogen-bond acceptors (Lipinski definition) is 6. The van der Waals surface area contributed by atoms with Crippen LogP contribution in [0.15, 0.2) is 12.4 Å². The van der Waals surface area contributed by atoms with Gasteiger partial charge in [-0.3, -0.25) is 9.88 Å². The van der Waals surface area contributed by atoms with Gasteiger partial charge in [0.05, 0.1) is 19.0 Å². The number of methoxy groups -OCH3 is 1. The van der Waals surface area contributed by atoms with Gasteiger partial charge in [0.2, 0.25) is 5.88 Å². The number of nitrogens with zero attached hydrogens (tertiary/aromatic N) is 4. The van der Waals surface area contributed by atoms with Crippen LogP contribution in [0.5, 0.6) is 5.88 Å². The van der Waals surface area contributed by atoms with Crippen molar-refractivity contribution >= 4 is 5.82 Å². The van der Waals surface area contributed by atoms with E-state index in [9.17, 15) is 0 Å². The van der Waals surface area contributed by atoms with Gasteiger partial charge in [-0.05, 0) is 25.7 Å². The maximum absolute atomic E-state index is 6.03. The van der Waals surface area contributed by atoms with Gasteiger partial charge in [-0.25, -0.2) is 0 Å². The number of ether oxygens (including phenoxy) is 2. The van der Waals surface area contributed by atoms with Crippen molar-refractivity contribution in [2.45, 2.75) is 38.2 Å². The Kier molecular flexibility index (Phi) is 6.05. The van der Waals surface area contributed by atoms with Crippen molar-refractivity contribution in [2.24, 2.45) is 0 Å². The molecule has 6 nitrogen and oxygen atoms in total. The van der Waals surface area contributed by atoms with Gasteiger partial charge in [-0.1, -0.05) is 6.42 Å². The molecule has 0 atom stereocenters. The summed E-state index contributed by atoms with van der Waals surface area (Å²) in [5, 5.41) is 0. The normalized spacial score (nSPS) is 20.7. The fourth-order valence-corrected chi connectivity index (χ4v) is 3.32. The van der Waals surface area contributed by atoms with Crippen LogP contribution in [0.4, 0.5) is 5.82 Å². The van der Waals surface area contributed by atoms with Gasteiger partial charge in [-0.2, -0.15) is 4.98 Å². The van der Waals surface area contributed by atoms with Gasteiger partial charge in [0.15, 0.2) is 5.82 Å². The Morgan fingerprint density at radius 3 is 2.61 bits per heavy atom. The molecule has 23 heavy (non-hydrogen) atoms. The lowest BCUT2D eigenvalue weighted by Crippen LogP contribution is -2.47. The summed E-state index contributed by atoms with van der Waals surface area (Å²) in [6.07, 6.45) is 10.1. The van der Waals surface area contributed by atoms with Crippen LogP contribution in [0, 0.1) is 0 Å². The Bertz CT molecular complexity index is 471. The molecular formula is C17H28N4O2. The van der Waals surface area contributed by atoms with Crippen LogP contribution in [0.25, 0.3) is 0 Å². The average Bonchev–Trinajstić information content (AvgIpc) is 2.61. The summed E-state index contributed by atoms with van der Waals surface area (Å²) >= 11 is 0. The minimum Gasteiger partial charge on any atom is -0.473 e. The predicted molar refractivity (Wildman–Crippen MR) is 90.1 cm³/mol. The standard InChI is InChI=1S/C17H28N4O2/c1-22-12-11-20-7-9-21(10-8-20)16-13-18-14-17(19-16)23-15-5-3-2-4-6-15/h13-15H,2-12H2,1H3. The average molecular weight is 320 g/mol. The fraction of sp³-hybridized carbons (Fsp3) is 0.765. The minimum atomic E-state index is 0.319. The summed E-state index contributed by atoms with van der Waals surface area (Å²) in [5.41, 5.74) is 0. The Labute approximate surface area is 138 Å². The number of rotatable bonds is 6. The van der Waals surface area contributed by atoms with Crippen LogP contribution in [-0.4, -0.2) is 67.4 Å². The predicted octanol–water partition coefficient (Wildman–Crippen LogP) is 1.96. The second-order valence-electron chi connectivity index (χ2n) is 6.41. The molecule has 3 rings (SSSR count). The first-order valence-corrected chi connectivity index (χ1v) is 8.80. The van der Waals surface area contributed by atoms with E-state index in [1.165, 1.54) is 19.3 Å². The van der Waals surface area contributed by atoms with Gasteiger partial charge >= 0.3 is 0 Å². The molecule has 0 aromatic carbocycles. The third-order valence-electron chi connectivity index (χ3n) is 4.75. The first-order chi connectivity index (χ1) is 11.3. The molecule has 1 aromatic heterocycles. The molecule has 2 heterocycles. The van der Waals surface area contributed by atoms with Crippen molar-refractivity contribution in [3.63, 3.8) is 0 Å². The van der Waals surface area contributed by atoms with Crippen LogP contribution in [-0.2, 0) is 4.74 Å². The van der Waals surface area contributed by atoms with E-state index in [2.05, 4.69) is 19.8 Å². The van der Waals surface area contributed by atoms with E-state index in [1.54, 1.807) is 13.3 Å². The topological polar surface area (TPSA) is 50.7 Å². The summed E-state index contributed by atoms with van der Waals surface area (Å²) in [7, 11) is 1.75. The highest BCUT2D eigenvalue weighted by Crippen LogP contribution is 2.23. The maximum Gasteiger partial charge on any atom is 0.234 e. The second kappa shape index (κ2) is 8.45. The molecule has 2 aliphatic rings. The minimum absolute atomic E-state index is 0.319. The summed E-state index contributed by atoms with van der Waals surface area (Å²) in [4.78, 5) is 13.7. The maximum atomic E-state index is 6.03. The molecule has 0 N–H and O–H groups in total. The van der Waals surface area contributed by atoms with Crippen LogP contribution < -0.4 is 9.64 Å². The molecule has 0 unspecified atom stereocenters. The Balaban J connectivity index is 1.53. The smallest absolute Gasteiger partial charge is 0.234 e. The number of anilines is 1. The van der Waals surface area contributed by atoms with Gasteiger partial charge in [-0.15, -0.1) is 0 Å². The largest absolute Gasteiger partial charge is 0.473 e. The highest BCUT2D eigenvalue weighted by Gasteiger charge is 2.20. The van der Waals surface area contributed by atoms with E-state index in [4.69, 9.17) is 9.47 Å². The lowest BCUT2D eigenvalue weighted by Gasteiger charge is -2.35. The monoisotopic (exact) mass is 320 g/mol. The van der Waals surface area contributed by atoms with Crippen LogP contribution in [0.2, 0.25) is 0 Å². The molecule has 0 radical (unpaired) electrons. The lowest BCUT2D eigenvalue weighted by molar-refractivity contribution is 0.143. The van der Waals surface area contributed by atoms with Gasteiger partial charge in [0.25, 0.3) is 0 Å². The highest BCUT2D eigenvalue weighted by molar-refractivity contribution is 5.38. The van der Waals surface area contributed by atoms with E-state index < -0.39 is 0 Å². The summed E-state index contributed by atoms with van der Waals surface area (Å²) in [5.74, 6) is 1.61. The van der Waals surface area contributed by atoms with Crippen LogP contribution in [0.1, 0.15) is 32.1 Å². The van der Waals surface area contributed by atoms with Crippen molar-refractivity contribution in [1.82, 2.24) is 14.9 Å². The van der Waals surface area contributed by atoms with Crippen molar-refractivity contribution in [3.05, 3.63) is 12.4 Å². The third kappa shape index (κ3) is 4.78. The molecule has 0 amide bonds. The molecule has 2 fully saturated rings. The first-order valence-electron chi connectivity index (χ1n) is 8.80. The number of piperazine rings is 1. The SMILES string of the molecule is COCCN1CCN(c2cncc(OC3CCCCC3)n2)CC1. The summed E-state index contributed by atoms with van der Waals surface area (Å²) < 4.78 is 11.2. The summed E-state index contributed by atoms with van der Waals surface area (Å²) in [6, 6.07) is 0.